The van der Waals surface area contributed by atoms with Crippen molar-refractivity contribution >= 4 is 0 Å². The summed E-state index contributed by atoms with van der Waals surface area (Å²) in [6.07, 6.45) is 5.79. The Kier molecular flexibility index (Phi) is 3.47. The lowest BCUT2D eigenvalue weighted by atomic mass is 10.1. The van der Waals surface area contributed by atoms with Crippen molar-refractivity contribution in [1.82, 2.24) is 9.55 Å². The smallest absolute Gasteiger partial charge is 0.118 e. The molecule has 0 aliphatic heterocycles. The van der Waals surface area contributed by atoms with Crippen molar-refractivity contribution in [3.05, 3.63) is 47.5 Å². The maximum atomic E-state index is 9.49. The standard InChI is InChI=1S/C14H18N2O/c1-3-7-16-8-6-15-14(16)10-12-4-5-13(17)11(2)9-12/h4-6,8-9,17H,3,7,10H2,1-2H3. The van der Waals surface area contributed by atoms with Crippen molar-refractivity contribution < 1.29 is 5.11 Å². The molecule has 3 heteroatoms. The zero-order valence-corrected chi connectivity index (χ0v) is 10.3. The van der Waals surface area contributed by atoms with E-state index in [9.17, 15) is 5.11 Å². The van der Waals surface area contributed by atoms with E-state index in [0.717, 1.165) is 30.8 Å². The number of phenols is 1. The van der Waals surface area contributed by atoms with Gasteiger partial charge in [0, 0.05) is 25.4 Å². The van der Waals surface area contributed by atoms with Gasteiger partial charge in [0.15, 0.2) is 0 Å². The van der Waals surface area contributed by atoms with Crippen molar-refractivity contribution in [2.75, 3.05) is 0 Å². The third-order valence-electron chi connectivity index (χ3n) is 2.89. The molecular weight excluding hydrogens is 212 g/mol. The van der Waals surface area contributed by atoms with Crippen molar-refractivity contribution in [3.8, 4) is 5.75 Å². The highest BCUT2D eigenvalue weighted by Crippen LogP contribution is 2.18. The van der Waals surface area contributed by atoms with Crippen molar-refractivity contribution in [3.63, 3.8) is 0 Å². The maximum Gasteiger partial charge on any atom is 0.118 e. The van der Waals surface area contributed by atoms with Gasteiger partial charge in [-0.1, -0.05) is 19.1 Å². The van der Waals surface area contributed by atoms with Crippen LogP contribution < -0.4 is 0 Å². The summed E-state index contributed by atoms with van der Waals surface area (Å²) in [5.41, 5.74) is 2.10. The molecule has 1 aromatic carbocycles. The van der Waals surface area contributed by atoms with Crippen LogP contribution in [-0.2, 0) is 13.0 Å². The fraction of sp³-hybridized carbons (Fsp3) is 0.357. The minimum atomic E-state index is 0.352. The van der Waals surface area contributed by atoms with Gasteiger partial charge in [0.2, 0.25) is 0 Å². The summed E-state index contributed by atoms with van der Waals surface area (Å²) in [6.45, 7) is 5.08. The van der Waals surface area contributed by atoms with E-state index in [1.807, 2.05) is 31.5 Å². The molecule has 0 saturated heterocycles. The van der Waals surface area contributed by atoms with Gasteiger partial charge in [-0.3, -0.25) is 0 Å². The summed E-state index contributed by atoms with van der Waals surface area (Å²) < 4.78 is 2.18. The third kappa shape index (κ3) is 2.67. The Morgan fingerprint density at radius 3 is 2.88 bits per heavy atom. The summed E-state index contributed by atoms with van der Waals surface area (Å²) in [5.74, 6) is 1.43. The number of hydrogen-bond donors (Lipinski definition) is 1. The van der Waals surface area contributed by atoms with E-state index in [-0.39, 0.29) is 0 Å². The number of benzene rings is 1. The van der Waals surface area contributed by atoms with Crippen molar-refractivity contribution in [1.29, 1.82) is 0 Å². The molecule has 0 fully saturated rings. The van der Waals surface area contributed by atoms with E-state index in [1.54, 1.807) is 6.07 Å². The highest BCUT2D eigenvalue weighted by Gasteiger charge is 2.05. The normalized spacial score (nSPS) is 10.7. The van der Waals surface area contributed by atoms with Crippen LogP contribution in [0.3, 0.4) is 0 Å². The molecule has 0 atom stereocenters. The fourth-order valence-electron chi connectivity index (χ4n) is 1.96. The molecule has 0 bridgehead atoms. The van der Waals surface area contributed by atoms with Gasteiger partial charge >= 0.3 is 0 Å². The summed E-state index contributed by atoms with van der Waals surface area (Å²) >= 11 is 0. The van der Waals surface area contributed by atoms with Crippen LogP contribution in [0.1, 0.15) is 30.3 Å². The largest absolute Gasteiger partial charge is 0.508 e. The van der Waals surface area contributed by atoms with Gasteiger partial charge in [-0.05, 0) is 30.5 Å². The number of hydrogen-bond acceptors (Lipinski definition) is 2. The van der Waals surface area contributed by atoms with Crippen LogP contribution in [0.2, 0.25) is 0 Å². The Morgan fingerprint density at radius 2 is 2.18 bits per heavy atom. The van der Waals surface area contributed by atoms with Gasteiger partial charge in [0.05, 0.1) is 0 Å². The zero-order valence-electron chi connectivity index (χ0n) is 10.3. The highest BCUT2D eigenvalue weighted by molar-refractivity contribution is 5.36. The van der Waals surface area contributed by atoms with E-state index in [0.29, 0.717) is 5.75 Å². The Morgan fingerprint density at radius 1 is 1.35 bits per heavy atom. The molecule has 2 rings (SSSR count). The van der Waals surface area contributed by atoms with E-state index in [4.69, 9.17) is 0 Å². The van der Waals surface area contributed by atoms with Gasteiger partial charge in [-0.2, -0.15) is 0 Å². The van der Waals surface area contributed by atoms with Gasteiger partial charge in [-0.15, -0.1) is 0 Å². The zero-order chi connectivity index (χ0) is 12.3. The monoisotopic (exact) mass is 230 g/mol. The molecule has 0 radical (unpaired) electrons. The molecule has 17 heavy (non-hydrogen) atoms. The second kappa shape index (κ2) is 5.04. The molecule has 0 spiro atoms. The summed E-state index contributed by atoms with van der Waals surface area (Å²) in [5, 5.41) is 9.49. The molecule has 1 N–H and O–H groups in total. The van der Waals surface area contributed by atoms with Gasteiger partial charge in [0.25, 0.3) is 0 Å². The molecular formula is C14H18N2O. The maximum absolute atomic E-state index is 9.49. The van der Waals surface area contributed by atoms with Crippen molar-refractivity contribution in [2.24, 2.45) is 0 Å². The Balaban J connectivity index is 2.19. The van der Waals surface area contributed by atoms with Gasteiger partial charge < -0.3 is 9.67 Å². The van der Waals surface area contributed by atoms with Crippen LogP contribution in [-0.4, -0.2) is 14.7 Å². The Bertz CT molecular complexity index is 503. The Labute approximate surface area is 102 Å². The Hall–Kier alpha value is -1.77. The topological polar surface area (TPSA) is 38.0 Å². The van der Waals surface area contributed by atoms with E-state index in [1.165, 1.54) is 5.56 Å². The number of rotatable bonds is 4. The summed E-state index contributed by atoms with van der Waals surface area (Å²) in [4.78, 5) is 4.38. The average Bonchev–Trinajstić information content (AvgIpc) is 2.72. The van der Waals surface area contributed by atoms with E-state index < -0.39 is 0 Å². The number of aromatic hydroxyl groups is 1. The number of imidazole rings is 1. The molecule has 0 amide bonds. The lowest BCUT2D eigenvalue weighted by Gasteiger charge is -2.07. The van der Waals surface area contributed by atoms with Crippen LogP contribution >= 0.6 is 0 Å². The van der Waals surface area contributed by atoms with Crippen molar-refractivity contribution in [2.45, 2.75) is 33.2 Å². The average molecular weight is 230 g/mol. The lowest BCUT2D eigenvalue weighted by molar-refractivity contribution is 0.471. The molecule has 0 unspecified atom stereocenters. The number of nitrogens with zero attached hydrogens (tertiary/aromatic N) is 2. The molecule has 0 aliphatic rings. The van der Waals surface area contributed by atoms with Crippen LogP contribution in [0.4, 0.5) is 0 Å². The quantitative estimate of drug-likeness (QED) is 0.877. The van der Waals surface area contributed by atoms with E-state index >= 15 is 0 Å². The fourth-order valence-corrected chi connectivity index (χ4v) is 1.96. The number of aryl methyl sites for hydroxylation is 2. The third-order valence-corrected chi connectivity index (χ3v) is 2.89. The second-order valence-electron chi connectivity index (χ2n) is 4.33. The van der Waals surface area contributed by atoms with Gasteiger partial charge in [0.1, 0.15) is 11.6 Å². The molecule has 1 aromatic heterocycles. The predicted octanol–water partition coefficient (Wildman–Crippen LogP) is 2.90. The van der Waals surface area contributed by atoms with Crippen LogP contribution in [0.5, 0.6) is 5.75 Å². The molecule has 3 nitrogen and oxygen atoms in total. The highest BCUT2D eigenvalue weighted by atomic mass is 16.3. The summed E-state index contributed by atoms with van der Waals surface area (Å²) in [6, 6.07) is 5.71. The van der Waals surface area contributed by atoms with E-state index in [2.05, 4.69) is 16.5 Å². The first-order valence-corrected chi connectivity index (χ1v) is 5.99. The molecule has 1 heterocycles. The molecule has 2 aromatic rings. The predicted molar refractivity (Wildman–Crippen MR) is 68.2 cm³/mol. The summed E-state index contributed by atoms with van der Waals surface area (Å²) in [7, 11) is 0. The first kappa shape index (κ1) is 11.7. The second-order valence-corrected chi connectivity index (χ2v) is 4.33. The first-order chi connectivity index (χ1) is 8.20. The molecule has 0 aliphatic carbocycles. The van der Waals surface area contributed by atoms with Crippen LogP contribution in [0.25, 0.3) is 0 Å². The minimum Gasteiger partial charge on any atom is -0.508 e. The van der Waals surface area contributed by atoms with Crippen LogP contribution in [0, 0.1) is 6.92 Å². The lowest BCUT2D eigenvalue weighted by Crippen LogP contribution is -2.03. The minimum absolute atomic E-state index is 0.352. The van der Waals surface area contributed by atoms with Gasteiger partial charge in [-0.25, -0.2) is 4.98 Å². The first-order valence-electron chi connectivity index (χ1n) is 5.99. The molecule has 90 valence electrons. The SMILES string of the molecule is CCCn1ccnc1Cc1ccc(O)c(C)c1. The number of aromatic nitrogens is 2. The molecule has 0 saturated carbocycles. The van der Waals surface area contributed by atoms with Crippen LogP contribution in [0.15, 0.2) is 30.6 Å². The number of phenolic OH excluding ortho intramolecular Hbond substituents is 1.